The molecule has 4 nitrogen and oxygen atoms in total. The van der Waals surface area contributed by atoms with Gasteiger partial charge in [-0.05, 0) is 13.3 Å². The number of guanidine groups is 1. The van der Waals surface area contributed by atoms with Crippen LogP contribution >= 0.6 is 24.0 Å². The van der Waals surface area contributed by atoms with Crippen molar-refractivity contribution < 1.29 is 4.74 Å². The largest absolute Gasteiger partial charge is 0.378 e. The van der Waals surface area contributed by atoms with E-state index in [1.165, 1.54) is 0 Å². The molecule has 1 aliphatic carbocycles. The average Bonchev–Trinajstić information content (AvgIpc) is 2.23. The van der Waals surface area contributed by atoms with E-state index in [2.05, 4.69) is 36.4 Å². The molecule has 0 heterocycles. The zero-order chi connectivity index (χ0) is 11.7. The molecule has 0 aromatic carbocycles. The molecule has 2 atom stereocenters. The van der Waals surface area contributed by atoms with Crippen LogP contribution in [0.25, 0.3) is 0 Å². The number of nitrogens with zero attached hydrogens (tertiary/aromatic N) is 1. The predicted molar refractivity (Wildman–Crippen MR) is 78.6 cm³/mol. The second-order valence-corrected chi connectivity index (χ2v) is 4.88. The number of methoxy groups -OCH3 is 1. The first-order chi connectivity index (χ1) is 6.91. The normalized spacial score (nSPS) is 32.4. The zero-order valence-corrected chi connectivity index (χ0v) is 13.4. The lowest BCUT2D eigenvalue weighted by Gasteiger charge is -2.59. The van der Waals surface area contributed by atoms with Gasteiger partial charge in [-0.2, -0.15) is 0 Å². The summed E-state index contributed by atoms with van der Waals surface area (Å²) < 4.78 is 5.57. The van der Waals surface area contributed by atoms with Crippen LogP contribution < -0.4 is 10.6 Å². The maximum atomic E-state index is 5.57. The molecule has 1 saturated carbocycles. The molecule has 16 heavy (non-hydrogen) atoms. The Hall–Kier alpha value is -0.0400. The Morgan fingerprint density at radius 1 is 1.38 bits per heavy atom. The molecule has 96 valence electrons. The van der Waals surface area contributed by atoms with Gasteiger partial charge in [0.2, 0.25) is 0 Å². The molecule has 5 heteroatoms. The average molecular weight is 341 g/mol. The summed E-state index contributed by atoms with van der Waals surface area (Å²) in [7, 11) is 5.43. The Balaban J connectivity index is 0.00000225. The second kappa shape index (κ2) is 5.53. The van der Waals surface area contributed by atoms with Crippen LogP contribution in [0.1, 0.15) is 27.2 Å². The van der Waals surface area contributed by atoms with E-state index in [9.17, 15) is 0 Å². The standard InChI is InChI=1S/C11H23N3O.HI/c1-10(2)8(7-11(10,3)15-6)14-9(12-4)13-5;/h8H,7H2,1-6H3,(H2,12,13,14);1H. The second-order valence-electron chi connectivity index (χ2n) is 4.88. The minimum absolute atomic E-state index is 0. The SMILES string of the molecule is CN=C(NC)NC1CC(C)(OC)C1(C)C.I. The van der Waals surface area contributed by atoms with E-state index in [-0.39, 0.29) is 35.0 Å². The predicted octanol–water partition coefficient (Wildman–Crippen LogP) is 1.60. The Labute approximate surface area is 116 Å². The molecular weight excluding hydrogens is 317 g/mol. The number of aliphatic imine (C=N–C) groups is 1. The molecule has 1 aliphatic rings. The van der Waals surface area contributed by atoms with Gasteiger partial charge in [-0.1, -0.05) is 13.8 Å². The van der Waals surface area contributed by atoms with Gasteiger partial charge >= 0.3 is 0 Å². The molecule has 0 aromatic rings. The lowest BCUT2D eigenvalue weighted by molar-refractivity contribution is -0.176. The third kappa shape index (κ3) is 2.45. The van der Waals surface area contributed by atoms with Crippen molar-refractivity contribution in [3.63, 3.8) is 0 Å². The summed E-state index contributed by atoms with van der Waals surface area (Å²) in [6, 6.07) is 0.411. The Morgan fingerprint density at radius 2 is 1.94 bits per heavy atom. The van der Waals surface area contributed by atoms with Gasteiger partial charge in [0.25, 0.3) is 0 Å². The molecule has 2 unspecified atom stereocenters. The maximum Gasteiger partial charge on any atom is 0.190 e. The van der Waals surface area contributed by atoms with E-state index in [4.69, 9.17) is 4.74 Å². The molecule has 1 fully saturated rings. The van der Waals surface area contributed by atoms with Crippen LogP contribution in [-0.2, 0) is 4.74 Å². The fourth-order valence-electron chi connectivity index (χ4n) is 2.14. The van der Waals surface area contributed by atoms with Gasteiger partial charge < -0.3 is 15.4 Å². The molecular formula is C11H24IN3O. The number of nitrogens with one attached hydrogen (secondary N) is 2. The van der Waals surface area contributed by atoms with E-state index >= 15 is 0 Å². The van der Waals surface area contributed by atoms with Crippen LogP contribution in [0.3, 0.4) is 0 Å². The van der Waals surface area contributed by atoms with E-state index < -0.39 is 0 Å². The first kappa shape index (κ1) is 16.0. The minimum atomic E-state index is -0.0305. The number of hydrogen-bond acceptors (Lipinski definition) is 2. The lowest BCUT2D eigenvalue weighted by atomic mass is 9.56. The molecule has 1 rings (SSSR count). The van der Waals surface area contributed by atoms with Crippen molar-refractivity contribution in [2.24, 2.45) is 10.4 Å². The van der Waals surface area contributed by atoms with Crippen LogP contribution in [0.4, 0.5) is 0 Å². The van der Waals surface area contributed by atoms with Crippen LogP contribution in [0, 0.1) is 5.41 Å². The summed E-state index contributed by atoms with van der Waals surface area (Å²) >= 11 is 0. The summed E-state index contributed by atoms with van der Waals surface area (Å²) in [5.74, 6) is 0.839. The summed E-state index contributed by atoms with van der Waals surface area (Å²) in [6.45, 7) is 6.61. The molecule has 0 radical (unpaired) electrons. The first-order valence-corrected chi connectivity index (χ1v) is 5.37. The van der Waals surface area contributed by atoms with Gasteiger partial charge in [0.1, 0.15) is 0 Å². The number of rotatable bonds is 2. The zero-order valence-electron chi connectivity index (χ0n) is 11.0. The summed E-state index contributed by atoms with van der Waals surface area (Å²) in [5, 5.41) is 6.42. The van der Waals surface area contributed by atoms with Gasteiger partial charge in [0.15, 0.2) is 5.96 Å². The Bertz CT molecular complexity index is 268. The number of ether oxygens (including phenoxy) is 1. The number of halogens is 1. The van der Waals surface area contributed by atoms with Crippen molar-refractivity contribution in [3.8, 4) is 0 Å². The molecule has 0 aliphatic heterocycles. The molecule has 2 N–H and O–H groups in total. The Morgan fingerprint density at radius 3 is 2.25 bits per heavy atom. The first-order valence-electron chi connectivity index (χ1n) is 5.37. The molecule has 0 aromatic heterocycles. The molecule has 0 amide bonds. The maximum absolute atomic E-state index is 5.57. The third-order valence-corrected chi connectivity index (χ3v) is 4.05. The summed E-state index contributed by atoms with van der Waals surface area (Å²) in [5.41, 5.74) is 0.0891. The van der Waals surface area contributed by atoms with Crippen molar-refractivity contribution in [1.82, 2.24) is 10.6 Å². The highest BCUT2D eigenvalue weighted by molar-refractivity contribution is 14.0. The smallest absolute Gasteiger partial charge is 0.190 e. The van der Waals surface area contributed by atoms with Gasteiger partial charge in [-0.3, -0.25) is 4.99 Å². The molecule has 0 saturated heterocycles. The minimum Gasteiger partial charge on any atom is -0.378 e. The van der Waals surface area contributed by atoms with Gasteiger partial charge in [-0.15, -0.1) is 24.0 Å². The van der Waals surface area contributed by atoms with Gasteiger partial charge in [-0.25, -0.2) is 0 Å². The van der Waals surface area contributed by atoms with Crippen LogP contribution in [-0.4, -0.2) is 38.8 Å². The Kier molecular flexibility index (Phi) is 5.52. The quantitative estimate of drug-likeness (QED) is 0.456. The highest BCUT2D eigenvalue weighted by Gasteiger charge is 2.57. The molecule has 0 bridgehead atoms. The number of hydrogen-bond donors (Lipinski definition) is 2. The topological polar surface area (TPSA) is 45.7 Å². The van der Waals surface area contributed by atoms with Crippen molar-refractivity contribution >= 4 is 29.9 Å². The van der Waals surface area contributed by atoms with E-state index in [0.29, 0.717) is 6.04 Å². The van der Waals surface area contributed by atoms with Crippen LogP contribution in [0.15, 0.2) is 4.99 Å². The van der Waals surface area contributed by atoms with Crippen molar-refractivity contribution in [2.75, 3.05) is 21.2 Å². The fraction of sp³-hybridized carbons (Fsp3) is 0.909. The summed E-state index contributed by atoms with van der Waals surface area (Å²) in [4.78, 5) is 4.12. The fourth-order valence-corrected chi connectivity index (χ4v) is 2.14. The lowest BCUT2D eigenvalue weighted by Crippen LogP contribution is -2.69. The summed E-state index contributed by atoms with van der Waals surface area (Å²) in [6.07, 6.45) is 1.01. The van der Waals surface area contributed by atoms with E-state index in [0.717, 1.165) is 12.4 Å². The van der Waals surface area contributed by atoms with Crippen LogP contribution in [0.5, 0.6) is 0 Å². The third-order valence-electron chi connectivity index (χ3n) is 4.05. The highest BCUT2D eigenvalue weighted by Crippen LogP contribution is 2.51. The van der Waals surface area contributed by atoms with Crippen molar-refractivity contribution in [2.45, 2.75) is 38.8 Å². The molecule has 0 spiro atoms. The monoisotopic (exact) mass is 341 g/mol. The van der Waals surface area contributed by atoms with Crippen molar-refractivity contribution in [1.29, 1.82) is 0 Å². The van der Waals surface area contributed by atoms with Gasteiger partial charge in [0, 0.05) is 32.7 Å². The van der Waals surface area contributed by atoms with Crippen molar-refractivity contribution in [3.05, 3.63) is 0 Å². The highest BCUT2D eigenvalue weighted by atomic mass is 127. The van der Waals surface area contributed by atoms with E-state index in [1.54, 1.807) is 14.2 Å². The van der Waals surface area contributed by atoms with Crippen LogP contribution in [0.2, 0.25) is 0 Å². The van der Waals surface area contributed by atoms with Gasteiger partial charge in [0.05, 0.1) is 5.60 Å². The van der Waals surface area contributed by atoms with E-state index in [1.807, 2.05) is 7.05 Å².